The summed E-state index contributed by atoms with van der Waals surface area (Å²) in [6.07, 6.45) is 0. The molecule has 1 rings (SSSR count). The Morgan fingerprint density at radius 3 is 2.64 bits per heavy atom. The van der Waals surface area contributed by atoms with Crippen molar-refractivity contribution >= 4 is 5.91 Å². The maximum atomic E-state index is 10.8. The van der Waals surface area contributed by atoms with Crippen LogP contribution >= 0.6 is 0 Å². The number of hydrogen-bond acceptors (Lipinski definition) is 2. The molecule has 0 atom stereocenters. The molecule has 0 aromatic carbocycles. The summed E-state index contributed by atoms with van der Waals surface area (Å²) in [7, 11) is 0. The lowest BCUT2D eigenvalue weighted by molar-refractivity contribution is 0.0995. The molecule has 1 aromatic rings. The van der Waals surface area contributed by atoms with Crippen LogP contribution in [0.15, 0.2) is 16.9 Å². The molecule has 0 aliphatic heterocycles. The van der Waals surface area contributed by atoms with Crippen LogP contribution in [0.1, 0.15) is 16.1 Å². The molecule has 1 heterocycles. The van der Waals surface area contributed by atoms with Crippen molar-refractivity contribution in [2.75, 3.05) is 0 Å². The Hall–Kier alpha value is -1.58. The molecule has 0 bridgehead atoms. The molecule has 58 valence electrons. The monoisotopic (exact) mass is 152 g/mol. The molecule has 0 aliphatic carbocycles. The Morgan fingerprint density at radius 1 is 1.55 bits per heavy atom. The van der Waals surface area contributed by atoms with Crippen LogP contribution in [0, 0.1) is 6.92 Å². The van der Waals surface area contributed by atoms with E-state index in [4.69, 9.17) is 5.73 Å². The normalized spacial score (nSPS) is 9.55. The van der Waals surface area contributed by atoms with Gasteiger partial charge in [0.05, 0.1) is 0 Å². The Balaban J connectivity index is 3.30. The van der Waals surface area contributed by atoms with Gasteiger partial charge in [-0.25, -0.2) is 0 Å². The molecule has 1 amide bonds. The molecule has 0 spiro atoms. The van der Waals surface area contributed by atoms with E-state index in [0.29, 0.717) is 0 Å². The number of hydrogen-bond donors (Lipinski definition) is 2. The van der Waals surface area contributed by atoms with E-state index in [2.05, 4.69) is 4.98 Å². The van der Waals surface area contributed by atoms with Gasteiger partial charge >= 0.3 is 0 Å². The summed E-state index contributed by atoms with van der Waals surface area (Å²) in [6, 6.07) is 2.93. The largest absolute Gasteiger partial charge is 0.364 e. The van der Waals surface area contributed by atoms with E-state index in [1.54, 1.807) is 6.92 Å². The Labute approximate surface area is 63.0 Å². The molecule has 4 nitrogen and oxygen atoms in total. The van der Waals surface area contributed by atoms with Crippen LogP contribution in [-0.4, -0.2) is 10.9 Å². The standard InChI is InChI=1S/C7H8N2O2/c1-4-2-5(7(8)11)9-6(10)3-4/h2-3H,1H3,(H2,8,11)(H,9,10). The lowest BCUT2D eigenvalue weighted by Crippen LogP contribution is -2.18. The Bertz CT molecular complexity index is 341. The van der Waals surface area contributed by atoms with Gasteiger partial charge in [0.15, 0.2) is 0 Å². The van der Waals surface area contributed by atoms with Gasteiger partial charge in [-0.1, -0.05) is 0 Å². The molecular weight excluding hydrogens is 144 g/mol. The highest BCUT2D eigenvalue weighted by Crippen LogP contribution is 1.94. The molecule has 0 aliphatic rings. The maximum absolute atomic E-state index is 10.8. The summed E-state index contributed by atoms with van der Waals surface area (Å²) in [4.78, 5) is 23.6. The molecule has 4 heteroatoms. The third kappa shape index (κ3) is 1.67. The highest BCUT2D eigenvalue weighted by Gasteiger charge is 2.00. The second-order valence-electron chi connectivity index (χ2n) is 2.30. The smallest absolute Gasteiger partial charge is 0.265 e. The molecule has 0 unspecified atom stereocenters. The van der Waals surface area contributed by atoms with E-state index in [9.17, 15) is 9.59 Å². The number of pyridine rings is 1. The van der Waals surface area contributed by atoms with Gasteiger partial charge in [0.25, 0.3) is 5.91 Å². The van der Waals surface area contributed by atoms with Crippen LogP contribution in [0.5, 0.6) is 0 Å². The number of amides is 1. The van der Waals surface area contributed by atoms with Crippen LogP contribution in [0.3, 0.4) is 0 Å². The average molecular weight is 152 g/mol. The lowest BCUT2D eigenvalue weighted by Gasteiger charge is -1.95. The van der Waals surface area contributed by atoms with Crippen molar-refractivity contribution in [2.45, 2.75) is 6.92 Å². The number of aryl methyl sites for hydroxylation is 1. The van der Waals surface area contributed by atoms with Crippen molar-refractivity contribution in [1.29, 1.82) is 0 Å². The minimum Gasteiger partial charge on any atom is -0.364 e. The van der Waals surface area contributed by atoms with Crippen molar-refractivity contribution in [3.8, 4) is 0 Å². The minimum absolute atomic E-state index is 0.148. The molecule has 0 radical (unpaired) electrons. The third-order valence-electron chi connectivity index (χ3n) is 1.25. The van der Waals surface area contributed by atoms with Crippen molar-refractivity contribution in [1.82, 2.24) is 4.98 Å². The van der Waals surface area contributed by atoms with E-state index in [0.717, 1.165) is 5.56 Å². The topological polar surface area (TPSA) is 76.0 Å². The zero-order valence-corrected chi connectivity index (χ0v) is 6.05. The van der Waals surface area contributed by atoms with Gasteiger partial charge < -0.3 is 10.7 Å². The van der Waals surface area contributed by atoms with E-state index in [1.807, 2.05) is 0 Å². The second kappa shape index (κ2) is 2.57. The number of primary amides is 1. The van der Waals surface area contributed by atoms with Crippen LogP contribution < -0.4 is 11.3 Å². The number of carbonyl (C=O) groups is 1. The lowest BCUT2D eigenvalue weighted by atomic mass is 10.2. The molecule has 3 N–H and O–H groups in total. The highest BCUT2D eigenvalue weighted by molar-refractivity contribution is 5.90. The molecule has 0 fully saturated rings. The minimum atomic E-state index is -0.620. The first-order valence-electron chi connectivity index (χ1n) is 3.10. The highest BCUT2D eigenvalue weighted by atomic mass is 16.1. The SMILES string of the molecule is Cc1cc(C(N)=O)[nH]c(=O)c1. The van der Waals surface area contributed by atoms with Crippen molar-refractivity contribution in [3.05, 3.63) is 33.7 Å². The fourth-order valence-corrected chi connectivity index (χ4v) is 0.814. The van der Waals surface area contributed by atoms with Crippen LogP contribution in [-0.2, 0) is 0 Å². The number of aromatic nitrogens is 1. The predicted molar refractivity (Wildman–Crippen MR) is 40.3 cm³/mol. The van der Waals surface area contributed by atoms with Crippen LogP contribution in [0.4, 0.5) is 0 Å². The quantitative estimate of drug-likeness (QED) is 0.583. The summed E-state index contributed by atoms with van der Waals surface area (Å²) in [6.45, 7) is 1.72. The molecule has 0 saturated heterocycles. The first-order chi connectivity index (χ1) is 5.09. The first-order valence-corrected chi connectivity index (χ1v) is 3.10. The van der Waals surface area contributed by atoms with Crippen molar-refractivity contribution in [3.63, 3.8) is 0 Å². The summed E-state index contributed by atoms with van der Waals surface area (Å²) in [5.41, 5.74) is 5.51. The van der Waals surface area contributed by atoms with Gasteiger partial charge in [0, 0.05) is 6.07 Å². The zero-order chi connectivity index (χ0) is 8.43. The van der Waals surface area contributed by atoms with E-state index in [1.165, 1.54) is 12.1 Å². The van der Waals surface area contributed by atoms with Gasteiger partial charge in [0.2, 0.25) is 5.56 Å². The number of carbonyl (C=O) groups excluding carboxylic acids is 1. The number of H-pyrrole nitrogens is 1. The molecular formula is C7H8N2O2. The third-order valence-corrected chi connectivity index (χ3v) is 1.25. The summed E-state index contributed by atoms with van der Waals surface area (Å²) < 4.78 is 0. The second-order valence-corrected chi connectivity index (χ2v) is 2.30. The summed E-state index contributed by atoms with van der Waals surface area (Å²) in [5, 5.41) is 0. The zero-order valence-electron chi connectivity index (χ0n) is 6.05. The first kappa shape index (κ1) is 7.53. The van der Waals surface area contributed by atoms with Gasteiger partial charge in [-0.15, -0.1) is 0 Å². The number of nitrogens with one attached hydrogen (secondary N) is 1. The average Bonchev–Trinajstić information content (AvgIpc) is 1.85. The van der Waals surface area contributed by atoms with Gasteiger partial charge in [-0.2, -0.15) is 0 Å². The maximum Gasteiger partial charge on any atom is 0.265 e. The Morgan fingerprint density at radius 2 is 2.18 bits per heavy atom. The molecule has 11 heavy (non-hydrogen) atoms. The number of rotatable bonds is 1. The Kier molecular flexibility index (Phi) is 1.76. The fraction of sp³-hybridized carbons (Fsp3) is 0.143. The van der Waals surface area contributed by atoms with E-state index in [-0.39, 0.29) is 11.3 Å². The molecule has 0 saturated carbocycles. The predicted octanol–water partition coefficient (Wildman–Crippen LogP) is -0.218. The summed E-state index contributed by atoms with van der Waals surface area (Å²) >= 11 is 0. The van der Waals surface area contributed by atoms with E-state index >= 15 is 0 Å². The molecule has 1 aromatic heterocycles. The van der Waals surface area contributed by atoms with Gasteiger partial charge in [0.1, 0.15) is 5.69 Å². The van der Waals surface area contributed by atoms with Crippen LogP contribution in [0.2, 0.25) is 0 Å². The van der Waals surface area contributed by atoms with Gasteiger partial charge in [-0.05, 0) is 18.6 Å². The number of aromatic amines is 1. The van der Waals surface area contributed by atoms with Crippen molar-refractivity contribution < 1.29 is 4.79 Å². The van der Waals surface area contributed by atoms with E-state index < -0.39 is 5.91 Å². The van der Waals surface area contributed by atoms with Gasteiger partial charge in [-0.3, -0.25) is 9.59 Å². The summed E-state index contributed by atoms with van der Waals surface area (Å²) in [5.74, 6) is -0.620. The van der Waals surface area contributed by atoms with Crippen molar-refractivity contribution in [2.24, 2.45) is 5.73 Å². The number of nitrogens with two attached hydrogens (primary N) is 1. The fourth-order valence-electron chi connectivity index (χ4n) is 0.814. The van der Waals surface area contributed by atoms with Crippen LogP contribution in [0.25, 0.3) is 0 Å².